The Bertz CT molecular complexity index is 569. The highest BCUT2D eigenvalue weighted by molar-refractivity contribution is 5.28. The van der Waals surface area contributed by atoms with Gasteiger partial charge >= 0.3 is 5.63 Å². The minimum atomic E-state index is -0.528. The highest BCUT2D eigenvalue weighted by atomic mass is 16.5. The van der Waals surface area contributed by atoms with Gasteiger partial charge < -0.3 is 14.3 Å². The Balaban J connectivity index is 2.04. The smallest absolute Gasteiger partial charge is 0.339 e. The lowest BCUT2D eigenvalue weighted by molar-refractivity contribution is 0.414. The third kappa shape index (κ3) is 3.13. The van der Waals surface area contributed by atoms with Crippen molar-refractivity contribution in [2.75, 3.05) is 7.11 Å². The van der Waals surface area contributed by atoms with Crippen LogP contribution in [0.3, 0.4) is 0 Å². The van der Waals surface area contributed by atoms with E-state index in [-0.39, 0.29) is 5.75 Å². The normalized spacial score (nSPS) is 10.3. The van der Waals surface area contributed by atoms with Gasteiger partial charge in [0.15, 0.2) is 0 Å². The van der Waals surface area contributed by atoms with Crippen molar-refractivity contribution in [3.63, 3.8) is 0 Å². The Morgan fingerprint density at radius 2 is 1.89 bits per heavy atom. The first-order valence-corrected chi connectivity index (χ1v) is 5.63. The number of rotatable bonds is 4. The number of hydrogen-bond donors (Lipinski definition) is 1. The first-order chi connectivity index (χ1) is 8.67. The number of methoxy groups -OCH3 is 1. The van der Waals surface area contributed by atoms with Gasteiger partial charge in [-0.2, -0.15) is 0 Å². The van der Waals surface area contributed by atoms with E-state index < -0.39 is 5.63 Å². The van der Waals surface area contributed by atoms with E-state index in [1.807, 2.05) is 24.3 Å². The van der Waals surface area contributed by atoms with E-state index in [1.54, 1.807) is 7.11 Å². The Hall–Kier alpha value is -2.23. The van der Waals surface area contributed by atoms with Crippen LogP contribution in [0.4, 0.5) is 0 Å². The quantitative estimate of drug-likeness (QED) is 0.897. The van der Waals surface area contributed by atoms with E-state index in [4.69, 9.17) is 9.15 Å². The zero-order chi connectivity index (χ0) is 13.0. The molecule has 1 aromatic heterocycles. The van der Waals surface area contributed by atoms with Gasteiger partial charge in [0.05, 0.1) is 13.2 Å². The van der Waals surface area contributed by atoms with Crippen LogP contribution in [-0.2, 0) is 12.8 Å². The van der Waals surface area contributed by atoms with Gasteiger partial charge in [0.25, 0.3) is 0 Å². The van der Waals surface area contributed by atoms with Crippen molar-refractivity contribution in [3.8, 4) is 11.5 Å². The van der Waals surface area contributed by atoms with Crippen molar-refractivity contribution in [3.05, 3.63) is 58.1 Å². The molecular weight excluding hydrogens is 232 g/mol. The second kappa shape index (κ2) is 5.40. The van der Waals surface area contributed by atoms with Crippen LogP contribution in [0.1, 0.15) is 11.3 Å². The lowest BCUT2D eigenvalue weighted by Crippen LogP contribution is -2.00. The summed E-state index contributed by atoms with van der Waals surface area (Å²) in [5, 5.41) is 9.28. The summed E-state index contributed by atoms with van der Waals surface area (Å²) in [5.74, 6) is 1.23. The topological polar surface area (TPSA) is 59.7 Å². The first-order valence-electron chi connectivity index (χ1n) is 5.63. The average Bonchev–Trinajstić information content (AvgIpc) is 2.36. The molecule has 0 bridgehead atoms. The molecule has 0 saturated carbocycles. The molecule has 1 aromatic carbocycles. The summed E-state index contributed by atoms with van der Waals surface area (Å²) in [4.78, 5) is 11.1. The van der Waals surface area contributed by atoms with Gasteiger partial charge in [0, 0.05) is 12.5 Å². The van der Waals surface area contributed by atoms with Crippen LogP contribution in [0, 0.1) is 0 Å². The molecule has 0 atom stereocenters. The molecule has 1 N–H and O–H groups in total. The molecule has 0 radical (unpaired) electrons. The second-order valence-corrected chi connectivity index (χ2v) is 3.95. The molecule has 0 aliphatic rings. The minimum absolute atomic E-state index is 0.0593. The Labute approximate surface area is 104 Å². The van der Waals surface area contributed by atoms with Gasteiger partial charge in [0.2, 0.25) is 0 Å². The lowest BCUT2D eigenvalue weighted by Gasteiger charge is -2.03. The third-order valence-corrected chi connectivity index (χ3v) is 2.63. The third-order valence-electron chi connectivity index (χ3n) is 2.63. The van der Waals surface area contributed by atoms with Gasteiger partial charge in [0.1, 0.15) is 17.3 Å². The molecule has 0 fully saturated rings. The lowest BCUT2D eigenvalue weighted by atomic mass is 10.1. The molecular formula is C14H14O4. The maximum Gasteiger partial charge on any atom is 0.339 e. The number of ether oxygens (including phenoxy) is 1. The number of aryl methyl sites for hydroxylation is 2. The number of benzene rings is 1. The summed E-state index contributed by atoms with van der Waals surface area (Å²) in [5.41, 5.74) is 0.585. The van der Waals surface area contributed by atoms with E-state index >= 15 is 0 Å². The van der Waals surface area contributed by atoms with Gasteiger partial charge in [-0.1, -0.05) is 12.1 Å². The first kappa shape index (κ1) is 12.2. The van der Waals surface area contributed by atoms with E-state index in [0.29, 0.717) is 12.2 Å². The van der Waals surface area contributed by atoms with Crippen molar-refractivity contribution in [1.29, 1.82) is 0 Å². The van der Waals surface area contributed by atoms with Crippen molar-refractivity contribution >= 4 is 0 Å². The SMILES string of the molecule is COc1ccc(CCc2cc(O)cc(=O)o2)cc1. The predicted octanol–water partition coefficient (Wildman–Crippen LogP) is 2.14. The fraction of sp³-hybridized carbons (Fsp3) is 0.214. The number of aromatic hydroxyl groups is 1. The van der Waals surface area contributed by atoms with Crippen LogP contribution in [0.5, 0.6) is 11.5 Å². The van der Waals surface area contributed by atoms with E-state index in [1.165, 1.54) is 6.07 Å². The average molecular weight is 246 g/mol. The van der Waals surface area contributed by atoms with Gasteiger partial charge in [-0.05, 0) is 24.1 Å². The molecule has 0 amide bonds. The molecule has 2 aromatic rings. The molecule has 18 heavy (non-hydrogen) atoms. The molecule has 0 unspecified atom stereocenters. The molecule has 0 aliphatic heterocycles. The van der Waals surface area contributed by atoms with Crippen LogP contribution in [0.25, 0.3) is 0 Å². The van der Waals surface area contributed by atoms with E-state index in [9.17, 15) is 9.90 Å². The van der Waals surface area contributed by atoms with Crippen LogP contribution >= 0.6 is 0 Å². The van der Waals surface area contributed by atoms with Crippen LogP contribution < -0.4 is 10.4 Å². The summed E-state index contributed by atoms with van der Waals surface area (Å²) in [6.45, 7) is 0. The molecule has 1 heterocycles. The second-order valence-electron chi connectivity index (χ2n) is 3.95. The zero-order valence-corrected chi connectivity index (χ0v) is 10.1. The predicted molar refractivity (Wildman–Crippen MR) is 67.0 cm³/mol. The molecule has 4 heteroatoms. The Morgan fingerprint density at radius 1 is 1.17 bits per heavy atom. The van der Waals surface area contributed by atoms with Crippen molar-refractivity contribution < 1.29 is 14.3 Å². The monoisotopic (exact) mass is 246 g/mol. The summed E-state index contributed by atoms with van der Waals surface area (Å²) in [6, 6.07) is 10.2. The van der Waals surface area contributed by atoms with Crippen LogP contribution in [-0.4, -0.2) is 12.2 Å². The Kier molecular flexibility index (Phi) is 3.67. The highest BCUT2D eigenvalue weighted by Gasteiger charge is 2.02. The molecule has 0 saturated heterocycles. The largest absolute Gasteiger partial charge is 0.508 e. The highest BCUT2D eigenvalue weighted by Crippen LogP contribution is 2.14. The molecule has 94 valence electrons. The molecule has 2 rings (SSSR count). The fourth-order valence-corrected chi connectivity index (χ4v) is 1.70. The zero-order valence-electron chi connectivity index (χ0n) is 10.1. The van der Waals surface area contributed by atoms with Crippen molar-refractivity contribution in [2.45, 2.75) is 12.8 Å². The molecule has 4 nitrogen and oxygen atoms in total. The molecule has 0 spiro atoms. The summed E-state index contributed by atoms with van der Waals surface area (Å²) in [6.07, 6.45) is 1.30. The van der Waals surface area contributed by atoms with Gasteiger partial charge in [-0.3, -0.25) is 0 Å². The summed E-state index contributed by atoms with van der Waals surface area (Å²) in [7, 11) is 1.62. The number of hydrogen-bond acceptors (Lipinski definition) is 4. The maximum atomic E-state index is 11.1. The molecule has 0 aliphatic carbocycles. The maximum absolute atomic E-state index is 11.1. The fourth-order valence-electron chi connectivity index (χ4n) is 1.70. The summed E-state index contributed by atoms with van der Waals surface area (Å²) < 4.78 is 10.1. The Morgan fingerprint density at radius 3 is 2.50 bits per heavy atom. The van der Waals surface area contributed by atoms with Crippen molar-refractivity contribution in [2.24, 2.45) is 0 Å². The summed E-state index contributed by atoms with van der Waals surface area (Å²) >= 11 is 0. The van der Waals surface area contributed by atoms with E-state index in [0.717, 1.165) is 23.8 Å². The van der Waals surface area contributed by atoms with Crippen LogP contribution in [0.2, 0.25) is 0 Å². The van der Waals surface area contributed by atoms with Crippen molar-refractivity contribution in [1.82, 2.24) is 0 Å². The van der Waals surface area contributed by atoms with E-state index in [2.05, 4.69) is 0 Å². The van der Waals surface area contributed by atoms with Gasteiger partial charge in [-0.25, -0.2) is 4.79 Å². The van der Waals surface area contributed by atoms with Gasteiger partial charge in [-0.15, -0.1) is 0 Å². The standard InChI is InChI=1S/C14H14O4/c1-17-12-5-2-10(3-6-12)4-7-13-8-11(15)9-14(16)18-13/h2-3,5-6,8-9,15H,4,7H2,1H3. The van der Waals surface area contributed by atoms with Crippen LogP contribution in [0.15, 0.2) is 45.6 Å². The minimum Gasteiger partial charge on any atom is -0.508 e.